The van der Waals surface area contributed by atoms with Crippen LogP contribution in [-0.2, 0) is 26.0 Å². The number of benzene rings is 1. The summed E-state index contributed by atoms with van der Waals surface area (Å²) in [7, 11) is -3.62. The van der Waals surface area contributed by atoms with E-state index >= 15 is 0 Å². The van der Waals surface area contributed by atoms with Gasteiger partial charge in [0.1, 0.15) is 10.6 Å². The Morgan fingerprint density at radius 2 is 1.97 bits per heavy atom. The number of rotatable bonds is 7. The second kappa shape index (κ2) is 8.79. The molecule has 0 unspecified atom stereocenters. The number of carbonyl (C=O) groups excluding carboxylic acids is 2. The first-order valence-electron chi connectivity index (χ1n) is 9.57. The van der Waals surface area contributed by atoms with Crippen LogP contribution in [0, 0.1) is 6.92 Å². The fourth-order valence-corrected chi connectivity index (χ4v) is 4.82. The van der Waals surface area contributed by atoms with Crippen molar-refractivity contribution in [2.75, 3.05) is 25.0 Å². The third-order valence-corrected chi connectivity index (χ3v) is 6.79. The maximum atomic E-state index is 12.5. The van der Waals surface area contributed by atoms with Crippen LogP contribution in [0.1, 0.15) is 41.4 Å². The Hall–Kier alpha value is -2.65. The van der Waals surface area contributed by atoms with Crippen molar-refractivity contribution >= 4 is 27.6 Å². The van der Waals surface area contributed by atoms with Gasteiger partial charge in [-0.15, -0.1) is 0 Å². The highest BCUT2D eigenvalue weighted by molar-refractivity contribution is 7.89. The summed E-state index contributed by atoms with van der Waals surface area (Å²) < 4.78 is 31.5. The first kappa shape index (κ1) is 21.1. The van der Waals surface area contributed by atoms with E-state index in [4.69, 9.17) is 4.74 Å². The lowest BCUT2D eigenvalue weighted by atomic mass is 10.1. The molecule has 0 atom stereocenters. The van der Waals surface area contributed by atoms with Crippen LogP contribution in [-0.4, -0.2) is 49.3 Å². The molecule has 0 aliphatic carbocycles. The molecule has 1 aliphatic rings. The number of aromatic nitrogens is 1. The number of hydrogen-bond acceptors (Lipinski definition) is 5. The van der Waals surface area contributed by atoms with Crippen LogP contribution in [0.4, 0.5) is 5.69 Å². The van der Waals surface area contributed by atoms with Crippen LogP contribution in [0.25, 0.3) is 0 Å². The van der Waals surface area contributed by atoms with E-state index in [1.807, 2.05) is 32.0 Å². The van der Waals surface area contributed by atoms with Crippen LogP contribution in [0.5, 0.6) is 0 Å². The lowest BCUT2D eigenvalue weighted by Gasteiger charge is -2.13. The van der Waals surface area contributed by atoms with Crippen molar-refractivity contribution < 1.29 is 22.7 Å². The molecule has 1 amide bonds. The molecule has 1 aromatic heterocycles. The van der Waals surface area contributed by atoms with Crippen LogP contribution in [0.2, 0.25) is 0 Å². The van der Waals surface area contributed by atoms with Crippen molar-refractivity contribution in [1.29, 1.82) is 0 Å². The molecule has 2 N–H and O–H groups in total. The molecule has 156 valence electrons. The van der Waals surface area contributed by atoms with Gasteiger partial charge >= 0.3 is 5.97 Å². The van der Waals surface area contributed by atoms with Crippen molar-refractivity contribution in [3.63, 3.8) is 0 Å². The average Bonchev–Trinajstić information content (AvgIpc) is 3.40. The van der Waals surface area contributed by atoms with E-state index in [0.29, 0.717) is 13.1 Å². The van der Waals surface area contributed by atoms with Gasteiger partial charge in [0.05, 0.1) is 0 Å². The highest BCUT2D eigenvalue weighted by atomic mass is 32.2. The van der Waals surface area contributed by atoms with E-state index in [-0.39, 0.29) is 10.6 Å². The molecular weight excluding hydrogens is 394 g/mol. The molecule has 1 saturated heterocycles. The van der Waals surface area contributed by atoms with Crippen molar-refractivity contribution in [2.24, 2.45) is 0 Å². The number of aryl methyl sites for hydroxylation is 2. The van der Waals surface area contributed by atoms with Crippen LogP contribution in [0.3, 0.4) is 0 Å². The second-order valence-corrected chi connectivity index (χ2v) is 8.89. The Kier molecular flexibility index (Phi) is 6.39. The zero-order valence-electron chi connectivity index (χ0n) is 16.5. The third-order valence-electron chi connectivity index (χ3n) is 4.92. The molecule has 0 bridgehead atoms. The Balaban J connectivity index is 1.60. The number of esters is 1. The monoisotopic (exact) mass is 419 g/mol. The zero-order valence-corrected chi connectivity index (χ0v) is 17.3. The molecule has 0 radical (unpaired) electrons. The molecule has 1 fully saturated rings. The van der Waals surface area contributed by atoms with Crippen LogP contribution >= 0.6 is 0 Å². The first-order chi connectivity index (χ1) is 13.8. The Labute approximate surface area is 170 Å². The summed E-state index contributed by atoms with van der Waals surface area (Å²) in [6, 6.07) is 6.98. The fraction of sp³-hybridized carbons (Fsp3) is 0.400. The molecule has 8 nitrogen and oxygen atoms in total. The molecule has 0 saturated carbocycles. The van der Waals surface area contributed by atoms with Gasteiger partial charge in [-0.3, -0.25) is 4.79 Å². The number of carbonyl (C=O) groups is 2. The molecule has 2 heterocycles. The molecule has 3 rings (SSSR count). The van der Waals surface area contributed by atoms with Crippen LogP contribution < -0.4 is 5.32 Å². The van der Waals surface area contributed by atoms with E-state index in [2.05, 4.69) is 10.3 Å². The predicted octanol–water partition coefficient (Wildman–Crippen LogP) is 2.47. The van der Waals surface area contributed by atoms with E-state index in [9.17, 15) is 18.0 Å². The number of anilines is 1. The molecule has 1 aromatic carbocycles. The highest BCUT2D eigenvalue weighted by Crippen LogP contribution is 2.22. The van der Waals surface area contributed by atoms with Crippen molar-refractivity contribution in [3.05, 3.63) is 47.3 Å². The van der Waals surface area contributed by atoms with Gasteiger partial charge in [-0.2, -0.15) is 4.31 Å². The minimum Gasteiger partial charge on any atom is -0.451 e. The smallest absolute Gasteiger partial charge is 0.355 e. The molecular formula is C20H25N3O5S. The number of para-hydroxylation sites is 1. The summed E-state index contributed by atoms with van der Waals surface area (Å²) in [6.45, 7) is 4.37. The van der Waals surface area contributed by atoms with Gasteiger partial charge in [0.25, 0.3) is 5.91 Å². The Morgan fingerprint density at radius 1 is 1.24 bits per heavy atom. The fourth-order valence-electron chi connectivity index (χ4n) is 3.31. The molecule has 2 aromatic rings. The highest BCUT2D eigenvalue weighted by Gasteiger charge is 2.29. The summed E-state index contributed by atoms with van der Waals surface area (Å²) in [5, 5.41) is 2.77. The maximum absolute atomic E-state index is 12.5. The topological polar surface area (TPSA) is 109 Å². The number of H-pyrrole nitrogens is 1. The lowest BCUT2D eigenvalue weighted by Crippen LogP contribution is -2.27. The number of nitrogens with one attached hydrogen (secondary N) is 2. The van der Waals surface area contributed by atoms with Gasteiger partial charge < -0.3 is 15.0 Å². The summed E-state index contributed by atoms with van der Waals surface area (Å²) in [5.74, 6) is -1.25. The van der Waals surface area contributed by atoms with Crippen molar-refractivity contribution in [3.8, 4) is 0 Å². The van der Waals surface area contributed by atoms with E-state index in [0.717, 1.165) is 36.1 Å². The van der Waals surface area contributed by atoms with Crippen molar-refractivity contribution in [1.82, 2.24) is 9.29 Å². The van der Waals surface area contributed by atoms with E-state index in [1.165, 1.54) is 16.6 Å². The average molecular weight is 420 g/mol. The minimum absolute atomic E-state index is 0.0132. The van der Waals surface area contributed by atoms with E-state index < -0.39 is 28.5 Å². The molecule has 1 aliphatic heterocycles. The lowest BCUT2D eigenvalue weighted by molar-refractivity contribution is -0.119. The normalized spacial score (nSPS) is 14.7. The SMILES string of the molecule is CCc1cccc(C)c1NC(=O)COC(=O)c1cc(S(=O)(=O)N2CCCC2)c[nH]1. The maximum Gasteiger partial charge on any atom is 0.355 e. The second-order valence-electron chi connectivity index (χ2n) is 6.95. The summed E-state index contributed by atoms with van der Waals surface area (Å²) in [4.78, 5) is 27.1. The standard InChI is InChI=1S/C20H25N3O5S/c1-3-15-8-6-7-14(2)19(15)22-18(24)13-28-20(25)17-11-16(12-21-17)29(26,27)23-9-4-5-10-23/h6-8,11-12,21H,3-5,9-10,13H2,1-2H3,(H,22,24). The number of sulfonamides is 1. The quantitative estimate of drug-likeness (QED) is 0.670. The number of amides is 1. The molecule has 0 spiro atoms. The largest absolute Gasteiger partial charge is 0.451 e. The van der Waals surface area contributed by atoms with Gasteiger partial charge in [-0.05, 0) is 43.4 Å². The minimum atomic E-state index is -3.62. The number of nitrogens with zero attached hydrogens (tertiary/aromatic N) is 1. The predicted molar refractivity (Wildman–Crippen MR) is 108 cm³/mol. The van der Waals surface area contributed by atoms with E-state index in [1.54, 1.807) is 0 Å². The van der Waals surface area contributed by atoms with Crippen molar-refractivity contribution in [2.45, 2.75) is 38.0 Å². The molecule has 29 heavy (non-hydrogen) atoms. The van der Waals surface area contributed by atoms with Gasteiger partial charge in [-0.25, -0.2) is 13.2 Å². The van der Waals surface area contributed by atoms with Gasteiger partial charge in [0.15, 0.2) is 6.61 Å². The Bertz CT molecular complexity index is 1010. The zero-order chi connectivity index (χ0) is 21.0. The van der Waals surface area contributed by atoms with Crippen LogP contribution in [0.15, 0.2) is 35.4 Å². The number of ether oxygens (including phenoxy) is 1. The number of hydrogen-bond donors (Lipinski definition) is 2. The van der Waals surface area contributed by atoms with Gasteiger partial charge in [0, 0.05) is 25.0 Å². The molecule has 9 heteroatoms. The first-order valence-corrected chi connectivity index (χ1v) is 11.0. The summed E-state index contributed by atoms with van der Waals surface area (Å²) >= 11 is 0. The summed E-state index contributed by atoms with van der Waals surface area (Å²) in [6.07, 6.45) is 3.68. The Morgan fingerprint density at radius 3 is 2.66 bits per heavy atom. The third kappa shape index (κ3) is 4.68. The summed E-state index contributed by atoms with van der Waals surface area (Å²) in [5.41, 5.74) is 2.62. The van der Waals surface area contributed by atoms with Gasteiger partial charge in [0.2, 0.25) is 10.0 Å². The van der Waals surface area contributed by atoms with Gasteiger partial charge in [-0.1, -0.05) is 25.1 Å². The number of aromatic amines is 1.